The maximum absolute atomic E-state index is 12.5. The topological polar surface area (TPSA) is 59.7 Å². The smallest absolute Gasteiger partial charge is 0.274 e. The van der Waals surface area contributed by atoms with Gasteiger partial charge in [-0.25, -0.2) is 4.98 Å². The van der Waals surface area contributed by atoms with Gasteiger partial charge in [0.25, 0.3) is 5.91 Å². The summed E-state index contributed by atoms with van der Waals surface area (Å²) in [5.74, 6) is 2.44. The molecule has 1 aromatic heterocycles. The molecule has 3 heterocycles. The number of rotatable bonds is 3. The van der Waals surface area contributed by atoms with E-state index in [4.69, 9.17) is 4.84 Å². The van der Waals surface area contributed by atoms with Crippen LogP contribution in [0.2, 0.25) is 0 Å². The maximum atomic E-state index is 12.5. The lowest BCUT2D eigenvalue weighted by molar-refractivity contribution is 0.0766. The molecule has 22 heavy (non-hydrogen) atoms. The molecule has 2 aliphatic heterocycles. The third-order valence-electron chi connectivity index (χ3n) is 5.64. The van der Waals surface area contributed by atoms with E-state index in [1.165, 1.54) is 5.71 Å². The molecule has 0 bridgehead atoms. The van der Waals surface area contributed by atoms with E-state index in [0.717, 1.165) is 19.5 Å². The van der Waals surface area contributed by atoms with Crippen LogP contribution in [-0.4, -0.2) is 45.3 Å². The molecule has 116 valence electrons. The van der Waals surface area contributed by atoms with Crippen molar-refractivity contribution in [2.45, 2.75) is 32.4 Å². The predicted molar refractivity (Wildman–Crippen MR) is 79.4 cm³/mol. The first kappa shape index (κ1) is 12.7. The predicted octanol–water partition coefficient (Wildman–Crippen LogP) is 1.56. The summed E-state index contributed by atoms with van der Waals surface area (Å²) in [7, 11) is 0. The van der Waals surface area contributed by atoms with E-state index < -0.39 is 0 Å². The van der Waals surface area contributed by atoms with Crippen molar-refractivity contribution in [2.24, 2.45) is 28.8 Å². The molecule has 0 radical (unpaired) electrons. The number of likely N-dealkylation sites (tertiary alicyclic amines) is 1. The van der Waals surface area contributed by atoms with E-state index in [-0.39, 0.29) is 5.91 Å². The molecule has 5 rings (SSSR count). The quantitative estimate of drug-likeness (QED) is 0.851. The number of carbonyl (C=O) groups excluding carboxylic acids is 1. The highest BCUT2D eigenvalue weighted by molar-refractivity contribution is 5.96. The zero-order chi connectivity index (χ0) is 15.0. The Hall–Kier alpha value is -1.85. The zero-order valence-corrected chi connectivity index (χ0v) is 12.8. The number of carbonyl (C=O) groups is 1. The lowest BCUT2D eigenvalue weighted by Gasteiger charge is -2.18. The number of fused-ring (bicyclic) bond motifs is 2. The van der Waals surface area contributed by atoms with Crippen LogP contribution in [0.15, 0.2) is 17.7 Å². The van der Waals surface area contributed by atoms with Crippen LogP contribution in [0.25, 0.3) is 0 Å². The van der Waals surface area contributed by atoms with Crippen LogP contribution in [-0.2, 0) is 4.84 Å². The summed E-state index contributed by atoms with van der Waals surface area (Å²) in [5, 5.41) is 4.26. The fraction of sp³-hybridized carbons (Fsp3) is 0.688. The standard InChI is InChI=1S/C16H20N4O2/c1-8(2)20-6-12(17-7-20)16(21)19-4-10-11(5-19)14(10)15-9-3-13(9)22-18-15/h6-11,13-14H,3-5H2,1-2H3. The van der Waals surface area contributed by atoms with Crippen molar-refractivity contribution in [1.29, 1.82) is 0 Å². The van der Waals surface area contributed by atoms with Gasteiger partial charge in [0, 0.05) is 37.2 Å². The van der Waals surface area contributed by atoms with E-state index in [1.807, 2.05) is 15.7 Å². The van der Waals surface area contributed by atoms with Gasteiger partial charge in [0.2, 0.25) is 0 Å². The number of oxime groups is 1. The van der Waals surface area contributed by atoms with Gasteiger partial charge in [-0.05, 0) is 32.1 Å². The Balaban J connectivity index is 1.25. The molecule has 4 aliphatic rings. The van der Waals surface area contributed by atoms with Gasteiger partial charge in [-0.1, -0.05) is 5.16 Å². The Labute approximate surface area is 129 Å². The van der Waals surface area contributed by atoms with Crippen molar-refractivity contribution in [3.05, 3.63) is 18.2 Å². The van der Waals surface area contributed by atoms with E-state index in [0.29, 0.717) is 41.5 Å². The summed E-state index contributed by atoms with van der Waals surface area (Å²) in [4.78, 5) is 24.1. The van der Waals surface area contributed by atoms with Crippen LogP contribution >= 0.6 is 0 Å². The minimum atomic E-state index is 0.0688. The molecule has 2 saturated carbocycles. The molecule has 0 spiro atoms. The molecule has 1 aromatic rings. The fourth-order valence-corrected chi connectivity index (χ4v) is 4.13. The highest BCUT2D eigenvalue weighted by atomic mass is 16.7. The van der Waals surface area contributed by atoms with Gasteiger partial charge < -0.3 is 14.3 Å². The summed E-state index contributed by atoms with van der Waals surface area (Å²) in [5.41, 5.74) is 1.85. The molecule has 0 aromatic carbocycles. The highest BCUT2D eigenvalue weighted by Crippen LogP contribution is 2.58. The second-order valence-electron chi connectivity index (χ2n) is 7.37. The number of hydrogen-bond acceptors (Lipinski definition) is 4. The summed E-state index contributed by atoms with van der Waals surface area (Å²) in [6, 6.07) is 0.331. The van der Waals surface area contributed by atoms with E-state index in [1.54, 1.807) is 6.33 Å². The Morgan fingerprint density at radius 2 is 2.14 bits per heavy atom. The van der Waals surface area contributed by atoms with Crippen molar-refractivity contribution < 1.29 is 9.63 Å². The average Bonchev–Trinajstić information content (AvgIpc) is 3.16. The van der Waals surface area contributed by atoms with Gasteiger partial charge >= 0.3 is 0 Å². The number of hydrogen-bond donors (Lipinski definition) is 0. The third-order valence-corrected chi connectivity index (χ3v) is 5.64. The molecule has 6 heteroatoms. The van der Waals surface area contributed by atoms with Crippen molar-refractivity contribution in [3.8, 4) is 0 Å². The number of amides is 1. The number of imidazole rings is 1. The van der Waals surface area contributed by atoms with E-state index in [2.05, 4.69) is 24.0 Å². The van der Waals surface area contributed by atoms with Crippen molar-refractivity contribution in [1.82, 2.24) is 14.5 Å². The molecule has 6 nitrogen and oxygen atoms in total. The van der Waals surface area contributed by atoms with Gasteiger partial charge in [0.05, 0.1) is 12.0 Å². The zero-order valence-electron chi connectivity index (χ0n) is 12.8. The lowest BCUT2D eigenvalue weighted by Crippen LogP contribution is -2.33. The molecule has 0 N–H and O–H groups in total. The molecule has 4 atom stereocenters. The van der Waals surface area contributed by atoms with Crippen LogP contribution in [0.1, 0.15) is 36.8 Å². The first-order valence-corrected chi connectivity index (χ1v) is 8.20. The first-order chi connectivity index (χ1) is 10.6. The summed E-state index contributed by atoms with van der Waals surface area (Å²) in [6.07, 6.45) is 5.14. The third kappa shape index (κ3) is 1.69. The number of nitrogens with zero attached hydrogens (tertiary/aromatic N) is 4. The normalized spacial score (nSPS) is 37.7. The lowest BCUT2D eigenvalue weighted by atomic mass is 10.1. The SMILES string of the molecule is CC(C)n1cnc(C(=O)N2CC3C(C2)C3C2=NOC3CC23)c1. The highest BCUT2D eigenvalue weighted by Gasteiger charge is 2.64. The Kier molecular flexibility index (Phi) is 2.37. The van der Waals surface area contributed by atoms with Gasteiger partial charge in [-0.2, -0.15) is 0 Å². The molecule has 3 fully saturated rings. The van der Waals surface area contributed by atoms with Crippen molar-refractivity contribution in [2.75, 3.05) is 13.1 Å². The Morgan fingerprint density at radius 3 is 2.68 bits per heavy atom. The average molecular weight is 300 g/mol. The molecule has 4 unspecified atom stereocenters. The van der Waals surface area contributed by atoms with Gasteiger partial charge in [0.1, 0.15) is 11.8 Å². The maximum Gasteiger partial charge on any atom is 0.274 e. The first-order valence-electron chi connectivity index (χ1n) is 8.20. The summed E-state index contributed by atoms with van der Waals surface area (Å²) < 4.78 is 1.98. The number of piperidine rings is 1. The van der Waals surface area contributed by atoms with Crippen molar-refractivity contribution >= 4 is 11.6 Å². The van der Waals surface area contributed by atoms with Crippen LogP contribution < -0.4 is 0 Å². The second-order valence-corrected chi connectivity index (χ2v) is 7.37. The summed E-state index contributed by atoms with van der Waals surface area (Å²) in [6.45, 7) is 5.86. The largest absolute Gasteiger partial charge is 0.392 e. The van der Waals surface area contributed by atoms with Crippen LogP contribution in [0.4, 0.5) is 0 Å². The van der Waals surface area contributed by atoms with Crippen LogP contribution in [0.3, 0.4) is 0 Å². The van der Waals surface area contributed by atoms with Crippen LogP contribution in [0.5, 0.6) is 0 Å². The Bertz CT molecular complexity index is 667. The minimum absolute atomic E-state index is 0.0688. The minimum Gasteiger partial charge on any atom is -0.392 e. The number of aromatic nitrogens is 2. The van der Waals surface area contributed by atoms with Gasteiger partial charge in [-0.15, -0.1) is 0 Å². The van der Waals surface area contributed by atoms with Gasteiger partial charge in [0.15, 0.2) is 0 Å². The molecular weight excluding hydrogens is 280 g/mol. The van der Waals surface area contributed by atoms with E-state index >= 15 is 0 Å². The molecule has 2 aliphatic carbocycles. The van der Waals surface area contributed by atoms with Gasteiger partial charge in [-0.3, -0.25) is 4.79 Å². The summed E-state index contributed by atoms with van der Waals surface area (Å²) >= 11 is 0. The Morgan fingerprint density at radius 1 is 1.36 bits per heavy atom. The molecule has 1 saturated heterocycles. The fourth-order valence-electron chi connectivity index (χ4n) is 4.13. The second kappa shape index (κ2) is 4.12. The molecular formula is C16H20N4O2. The van der Waals surface area contributed by atoms with Crippen LogP contribution in [0, 0.1) is 23.7 Å². The molecule has 1 amide bonds. The van der Waals surface area contributed by atoms with Crippen molar-refractivity contribution in [3.63, 3.8) is 0 Å². The monoisotopic (exact) mass is 300 g/mol. The van der Waals surface area contributed by atoms with E-state index in [9.17, 15) is 4.79 Å².